The van der Waals surface area contributed by atoms with Crippen molar-refractivity contribution in [2.24, 2.45) is 0 Å². The van der Waals surface area contributed by atoms with E-state index in [-0.39, 0.29) is 18.5 Å². The highest BCUT2D eigenvalue weighted by Gasteiger charge is 2.10. The number of aliphatic carboxylic acids is 1. The highest BCUT2D eigenvalue weighted by atomic mass is 16.4. The Morgan fingerprint density at radius 2 is 2.07 bits per heavy atom. The molecule has 0 aliphatic rings. The molecule has 0 rings (SSSR count). The number of nitrogens with zero attached hydrogens (tertiary/aromatic N) is 1. The van der Waals surface area contributed by atoms with Crippen LogP contribution >= 0.6 is 0 Å². The van der Waals surface area contributed by atoms with Crippen molar-refractivity contribution in [2.45, 2.75) is 39.2 Å². The van der Waals surface area contributed by atoms with Crippen LogP contribution in [0.25, 0.3) is 0 Å². The van der Waals surface area contributed by atoms with Gasteiger partial charge in [-0.15, -0.1) is 0 Å². The molecule has 0 saturated carbocycles. The molecule has 2 N–H and O–H groups in total. The zero-order valence-corrected chi connectivity index (χ0v) is 9.62. The van der Waals surface area contributed by atoms with Gasteiger partial charge in [0.2, 0.25) is 0 Å². The average molecular weight is 216 g/mol. The minimum Gasteiger partial charge on any atom is -0.481 e. The van der Waals surface area contributed by atoms with Gasteiger partial charge < -0.3 is 15.3 Å². The van der Waals surface area contributed by atoms with E-state index in [0.717, 1.165) is 0 Å². The van der Waals surface area contributed by atoms with E-state index in [2.05, 4.69) is 5.32 Å². The van der Waals surface area contributed by atoms with Crippen LogP contribution in [0.4, 0.5) is 4.79 Å². The number of carbonyl (C=O) groups excluding carboxylic acids is 1. The van der Waals surface area contributed by atoms with Gasteiger partial charge in [0.1, 0.15) is 0 Å². The Bertz CT molecular complexity index is 219. The van der Waals surface area contributed by atoms with Crippen LogP contribution in [0.5, 0.6) is 0 Å². The first-order valence-electron chi connectivity index (χ1n) is 5.20. The molecule has 2 amide bonds. The maximum Gasteiger partial charge on any atom is 0.317 e. The van der Waals surface area contributed by atoms with Crippen molar-refractivity contribution in [3.05, 3.63) is 0 Å². The first-order chi connectivity index (χ1) is 6.97. The first-order valence-corrected chi connectivity index (χ1v) is 5.20. The Morgan fingerprint density at radius 3 is 2.53 bits per heavy atom. The van der Waals surface area contributed by atoms with E-state index in [0.29, 0.717) is 19.4 Å². The molecule has 0 spiro atoms. The van der Waals surface area contributed by atoms with Gasteiger partial charge in [0, 0.05) is 26.1 Å². The quantitative estimate of drug-likeness (QED) is 0.703. The summed E-state index contributed by atoms with van der Waals surface area (Å²) in [4.78, 5) is 23.2. The fraction of sp³-hybridized carbons (Fsp3) is 0.800. The third kappa shape index (κ3) is 6.76. The molecular weight excluding hydrogens is 196 g/mol. The Morgan fingerprint density at radius 1 is 1.47 bits per heavy atom. The van der Waals surface area contributed by atoms with Crippen LogP contribution in [0.2, 0.25) is 0 Å². The van der Waals surface area contributed by atoms with Gasteiger partial charge in [0.05, 0.1) is 0 Å². The van der Waals surface area contributed by atoms with Crippen LogP contribution in [0.15, 0.2) is 0 Å². The van der Waals surface area contributed by atoms with Crippen LogP contribution in [-0.4, -0.2) is 41.6 Å². The summed E-state index contributed by atoms with van der Waals surface area (Å²) >= 11 is 0. The molecule has 5 heteroatoms. The molecule has 0 aromatic carbocycles. The fourth-order valence-electron chi connectivity index (χ4n) is 1.10. The first kappa shape index (κ1) is 13.7. The maximum absolute atomic E-state index is 11.4. The van der Waals surface area contributed by atoms with E-state index in [1.807, 2.05) is 13.8 Å². The lowest BCUT2D eigenvalue weighted by molar-refractivity contribution is -0.137. The maximum atomic E-state index is 11.4. The molecule has 0 heterocycles. The van der Waals surface area contributed by atoms with Crippen molar-refractivity contribution >= 4 is 12.0 Å². The van der Waals surface area contributed by atoms with E-state index in [9.17, 15) is 9.59 Å². The third-order valence-electron chi connectivity index (χ3n) is 2.22. The van der Waals surface area contributed by atoms with E-state index in [4.69, 9.17) is 5.11 Å². The molecule has 0 bridgehead atoms. The van der Waals surface area contributed by atoms with Crippen molar-refractivity contribution in [3.63, 3.8) is 0 Å². The van der Waals surface area contributed by atoms with Gasteiger partial charge >= 0.3 is 12.0 Å². The lowest BCUT2D eigenvalue weighted by Crippen LogP contribution is -2.41. The molecule has 0 aromatic rings. The predicted molar refractivity (Wildman–Crippen MR) is 57.8 cm³/mol. The molecule has 0 saturated heterocycles. The van der Waals surface area contributed by atoms with E-state index < -0.39 is 5.97 Å². The largest absolute Gasteiger partial charge is 0.481 e. The summed E-state index contributed by atoms with van der Waals surface area (Å²) in [5.74, 6) is -0.792. The van der Waals surface area contributed by atoms with E-state index in [1.54, 1.807) is 11.9 Å². The number of nitrogens with one attached hydrogen (secondary N) is 1. The minimum absolute atomic E-state index is 0.0193. The number of rotatable bonds is 6. The van der Waals surface area contributed by atoms with Gasteiger partial charge in [-0.25, -0.2) is 4.79 Å². The van der Waals surface area contributed by atoms with E-state index >= 15 is 0 Å². The van der Waals surface area contributed by atoms with Gasteiger partial charge in [-0.2, -0.15) is 0 Å². The second kappa shape index (κ2) is 7.09. The summed E-state index contributed by atoms with van der Waals surface area (Å²) in [7, 11) is 1.72. The molecule has 1 atom stereocenters. The molecule has 0 aliphatic carbocycles. The summed E-state index contributed by atoms with van der Waals surface area (Å²) in [5.41, 5.74) is 0. The lowest BCUT2D eigenvalue weighted by Gasteiger charge is -2.19. The Hall–Kier alpha value is -1.26. The highest BCUT2D eigenvalue weighted by molar-refractivity contribution is 5.74. The monoisotopic (exact) mass is 216 g/mol. The van der Waals surface area contributed by atoms with Gasteiger partial charge in [0.25, 0.3) is 0 Å². The van der Waals surface area contributed by atoms with Crippen LogP contribution in [0.3, 0.4) is 0 Å². The standard InChI is InChI=1S/C10H20N2O3/c1-4-12(3)10(15)11-8(2)6-5-7-9(13)14/h8H,4-7H2,1-3H3,(H,11,15)(H,13,14). The molecule has 15 heavy (non-hydrogen) atoms. The van der Waals surface area contributed by atoms with Crippen molar-refractivity contribution in [1.82, 2.24) is 10.2 Å². The van der Waals surface area contributed by atoms with Gasteiger partial charge in [0.15, 0.2) is 0 Å². The number of carbonyl (C=O) groups is 2. The number of hydrogen-bond acceptors (Lipinski definition) is 2. The molecule has 5 nitrogen and oxygen atoms in total. The smallest absolute Gasteiger partial charge is 0.317 e. The second-order valence-electron chi connectivity index (χ2n) is 3.65. The Kier molecular flexibility index (Phi) is 6.49. The highest BCUT2D eigenvalue weighted by Crippen LogP contribution is 2.01. The normalized spacial score (nSPS) is 11.9. The summed E-state index contributed by atoms with van der Waals surface area (Å²) in [6, 6.07) is -0.0915. The molecular formula is C10H20N2O3. The van der Waals surface area contributed by atoms with Crippen LogP contribution in [-0.2, 0) is 4.79 Å². The zero-order valence-electron chi connectivity index (χ0n) is 9.62. The summed E-state index contributed by atoms with van der Waals surface area (Å²) in [6.45, 7) is 4.44. The molecule has 0 aromatic heterocycles. The van der Waals surface area contributed by atoms with Gasteiger partial charge in [-0.3, -0.25) is 4.79 Å². The Labute approximate surface area is 90.5 Å². The fourth-order valence-corrected chi connectivity index (χ4v) is 1.10. The third-order valence-corrected chi connectivity index (χ3v) is 2.22. The minimum atomic E-state index is -0.792. The van der Waals surface area contributed by atoms with Crippen LogP contribution < -0.4 is 5.32 Å². The van der Waals surface area contributed by atoms with Crippen molar-refractivity contribution in [2.75, 3.05) is 13.6 Å². The van der Waals surface area contributed by atoms with Crippen molar-refractivity contribution in [3.8, 4) is 0 Å². The van der Waals surface area contributed by atoms with Crippen LogP contribution in [0, 0.1) is 0 Å². The summed E-state index contributed by atoms with van der Waals surface area (Å²) in [6.07, 6.45) is 1.44. The molecule has 0 aliphatic heterocycles. The number of urea groups is 1. The molecule has 0 radical (unpaired) electrons. The number of amides is 2. The predicted octanol–water partition coefficient (Wildman–Crippen LogP) is 1.29. The van der Waals surface area contributed by atoms with Crippen molar-refractivity contribution in [1.29, 1.82) is 0 Å². The van der Waals surface area contributed by atoms with Gasteiger partial charge in [-0.05, 0) is 26.7 Å². The SMILES string of the molecule is CCN(C)C(=O)NC(C)CCCC(=O)O. The molecule has 88 valence electrons. The number of hydrogen-bond donors (Lipinski definition) is 2. The average Bonchev–Trinajstić information content (AvgIpc) is 2.15. The van der Waals surface area contributed by atoms with E-state index in [1.165, 1.54) is 0 Å². The van der Waals surface area contributed by atoms with Crippen molar-refractivity contribution < 1.29 is 14.7 Å². The van der Waals surface area contributed by atoms with Gasteiger partial charge in [-0.1, -0.05) is 0 Å². The second-order valence-corrected chi connectivity index (χ2v) is 3.65. The molecule has 0 fully saturated rings. The molecule has 1 unspecified atom stereocenters. The number of carboxylic acid groups (broad SMARTS) is 1. The number of carboxylic acids is 1. The summed E-state index contributed by atoms with van der Waals surface area (Å²) in [5, 5.41) is 11.2. The Balaban J connectivity index is 3.68. The summed E-state index contributed by atoms with van der Waals surface area (Å²) < 4.78 is 0. The zero-order chi connectivity index (χ0) is 11.8. The topological polar surface area (TPSA) is 69.6 Å². The lowest BCUT2D eigenvalue weighted by atomic mass is 10.1. The van der Waals surface area contributed by atoms with Crippen LogP contribution in [0.1, 0.15) is 33.1 Å².